The van der Waals surface area contributed by atoms with Crippen molar-refractivity contribution < 1.29 is 13.9 Å². The Hall–Kier alpha value is -1.93. The molecule has 3 heterocycles. The Balaban J connectivity index is 1.63. The van der Waals surface area contributed by atoms with Gasteiger partial charge in [0.1, 0.15) is 6.54 Å². The van der Waals surface area contributed by atoms with E-state index in [4.69, 9.17) is 9.15 Å². The summed E-state index contributed by atoms with van der Waals surface area (Å²) in [7, 11) is 0. The number of thiophene rings is 1. The van der Waals surface area contributed by atoms with Crippen LogP contribution in [-0.4, -0.2) is 34.4 Å². The summed E-state index contributed by atoms with van der Waals surface area (Å²) in [5.41, 5.74) is 0. The van der Waals surface area contributed by atoms with Gasteiger partial charge >= 0.3 is 5.76 Å². The van der Waals surface area contributed by atoms with Crippen LogP contribution < -0.4 is 11.1 Å². The third-order valence-electron chi connectivity index (χ3n) is 3.54. The lowest BCUT2D eigenvalue weighted by molar-refractivity contribution is -0.123. The van der Waals surface area contributed by atoms with E-state index in [0.29, 0.717) is 0 Å². The number of nitrogens with one attached hydrogen (secondary N) is 1. The van der Waals surface area contributed by atoms with Crippen molar-refractivity contribution in [1.82, 2.24) is 15.1 Å². The normalized spacial score (nSPS) is 19.2. The minimum Gasteiger partial charge on any atom is -0.387 e. The Labute approximate surface area is 130 Å². The molecule has 22 heavy (non-hydrogen) atoms. The molecule has 1 aliphatic heterocycles. The first-order valence-electron chi connectivity index (χ1n) is 7.16. The van der Waals surface area contributed by atoms with Crippen LogP contribution in [0.3, 0.4) is 0 Å². The summed E-state index contributed by atoms with van der Waals surface area (Å²) in [5.74, 6) is -0.681. The average molecular weight is 323 g/mol. The number of nitrogens with zero attached hydrogens (tertiary/aromatic N) is 2. The van der Waals surface area contributed by atoms with Gasteiger partial charge in [0, 0.05) is 6.61 Å². The molecule has 2 aromatic rings. The molecule has 3 rings (SSSR count). The Kier molecular flexibility index (Phi) is 4.39. The second kappa shape index (κ2) is 6.45. The topological polar surface area (TPSA) is 86.4 Å². The molecule has 118 valence electrons. The summed E-state index contributed by atoms with van der Waals surface area (Å²) >= 11 is 1.42. The van der Waals surface area contributed by atoms with Crippen LogP contribution in [0.4, 0.5) is 0 Å². The molecule has 0 bridgehead atoms. The highest BCUT2D eigenvalue weighted by Crippen LogP contribution is 2.21. The number of rotatable bonds is 5. The molecular formula is C14H17N3O4S. The highest BCUT2D eigenvalue weighted by molar-refractivity contribution is 7.13. The second-order valence-electron chi connectivity index (χ2n) is 5.22. The summed E-state index contributed by atoms with van der Waals surface area (Å²) < 4.78 is 11.6. The van der Waals surface area contributed by atoms with Crippen LogP contribution in [0.25, 0.3) is 10.8 Å². The van der Waals surface area contributed by atoms with Crippen LogP contribution in [0.1, 0.15) is 19.8 Å². The lowest BCUT2D eigenvalue weighted by Gasteiger charge is -2.19. The number of hydrogen-bond donors (Lipinski definition) is 1. The molecule has 1 amide bonds. The molecule has 7 nitrogen and oxygen atoms in total. The van der Waals surface area contributed by atoms with Crippen molar-refractivity contribution in [2.24, 2.45) is 0 Å². The molecule has 1 N–H and O–H groups in total. The molecule has 2 aromatic heterocycles. The van der Waals surface area contributed by atoms with Crippen LogP contribution >= 0.6 is 11.3 Å². The third-order valence-corrected chi connectivity index (χ3v) is 4.40. The number of aromatic nitrogens is 2. The van der Waals surface area contributed by atoms with Gasteiger partial charge in [0.25, 0.3) is 5.89 Å². The predicted octanol–water partition coefficient (Wildman–Crippen LogP) is 1.25. The monoisotopic (exact) mass is 323 g/mol. The molecule has 0 aromatic carbocycles. The number of amides is 1. The Bertz CT molecular complexity index is 685. The highest BCUT2D eigenvalue weighted by Gasteiger charge is 2.24. The van der Waals surface area contributed by atoms with E-state index in [9.17, 15) is 9.59 Å². The highest BCUT2D eigenvalue weighted by atomic mass is 32.1. The van der Waals surface area contributed by atoms with Crippen molar-refractivity contribution >= 4 is 17.2 Å². The van der Waals surface area contributed by atoms with Crippen molar-refractivity contribution in [2.45, 2.75) is 38.5 Å². The van der Waals surface area contributed by atoms with E-state index in [1.54, 1.807) is 6.07 Å². The number of hydrogen-bond acceptors (Lipinski definition) is 6. The summed E-state index contributed by atoms with van der Waals surface area (Å²) in [4.78, 5) is 24.5. The van der Waals surface area contributed by atoms with Crippen LogP contribution in [0, 0.1) is 0 Å². The molecule has 0 saturated carbocycles. The average Bonchev–Trinajstić information content (AvgIpc) is 3.19. The molecule has 0 radical (unpaired) electrons. The van der Waals surface area contributed by atoms with Crippen LogP contribution in [0.15, 0.2) is 26.7 Å². The van der Waals surface area contributed by atoms with E-state index in [2.05, 4.69) is 10.4 Å². The fourth-order valence-electron chi connectivity index (χ4n) is 2.43. The van der Waals surface area contributed by atoms with Gasteiger partial charge in [-0.25, -0.2) is 4.79 Å². The van der Waals surface area contributed by atoms with E-state index in [0.717, 1.165) is 29.0 Å². The Morgan fingerprint density at radius 2 is 2.50 bits per heavy atom. The maximum atomic E-state index is 12.0. The molecule has 2 unspecified atom stereocenters. The van der Waals surface area contributed by atoms with E-state index in [1.807, 2.05) is 18.4 Å². The van der Waals surface area contributed by atoms with Crippen LogP contribution in [0.2, 0.25) is 0 Å². The maximum Gasteiger partial charge on any atom is 0.437 e. The number of carbonyl (C=O) groups excluding carboxylic acids is 1. The van der Waals surface area contributed by atoms with Gasteiger partial charge in [-0.2, -0.15) is 4.68 Å². The van der Waals surface area contributed by atoms with E-state index in [-0.39, 0.29) is 30.5 Å². The summed E-state index contributed by atoms with van der Waals surface area (Å²) in [6, 6.07) is 3.56. The minimum atomic E-state index is -0.636. The molecule has 1 fully saturated rings. The van der Waals surface area contributed by atoms with Gasteiger partial charge in [-0.05, 0) is 31.2 Å². The zero-order valence-corrected chi connectivity index (χ0v) is 13.0. The van der Waals surface area contributed by atoms with E-state index >= 15 is 0 Å². The zero-order chi connectivity index (χ0) is 15.5. The van der Waals surface area contributed by atoms with Crippen molar-refractivity contribution in [3.05, 3.63) is 28.1 Å². The molecular weight excluding hydrogens is 306 g/mol. The standard InChI is InChI=1S/C14H17N3O4S/c1-9(10-4-2-6-20-10)15-12(18)8-17-14(19)21-13(16-17)11-5-3-7-22-11/h3,5,7,9-10H,2,4,6,8H2,1H3,(H,15,18). The van der Waals surface area contributed by atoms with Crippen molar-refractivity contribution in [1.29, 1.82) is 0 Å². The number of ether oxygens (including phenoxy) is 1. The van der Waals surface area contributed by atoms with Crippen molar-refractivity contribution in [3.8, 4) is 10.8 Å². The van der Waals surface area contributed by atoms with E-state index in [1.165, 1.54) is 11.3 Å². The molecule has 1 saturated heterocycles. The first kappa shape index (κ1) is 15.0. The molecule has 0 spiro atoms. The fourth-order valence-corrected chi connectivity index (χ4v) is 3.08. The maximum absolute atomic E-state index is 12.0. The molecule has 0 aliphatic carbocycles. The molecule has 1 aliphatic rings. The van der Waals surface area contributed by atoms with Crippen LogP contribution in [0.5, 0.6) is 0 Å². The first-order valence-corrected chi connectivity index (χ1v) is 8.04. The summed E-state index contributed by atoms with van der Waals surface area (Å²) in [6.45, 7) is 2.47. The van der Waals surface area contributed by atoms with Crippen molar-refractivity contribution in [3.63, 3.8) is 0 Å². The lowest BCUT2D eigenvalue weighted by Crippen LogP contribution is -2.43. The van der Waals surface area contributed by atoms with E-state index < -0.39 is 5.76 Å². The number of carbonyl (C=O) groups is 1. The van der Waals surface area contributed by atoms with Gasteiger partial charge < -0.3 is 14.5 Å². The third kappa shape index (κ3) is 3.28. The van der Waals surface area contributed by atoms with Gasteiger partial charge in [0.05, 0.1) is 17.0 Å². The second-order valence-corrected chi connectivity index (χ2v) is 6.16. The largest absolute Gasteiger partial charge is 0.437 e. The minimum absolute atomic E-state index is 0.0414. The van der Waals surface area contributed by atoms with Gasteiger partial charge in [-0.3, -0.25) is 4.79 Å². The zero-order valence-electron chi connectivity index (χ0n) is 12.2. The SMILES string of the molecule is CC(NC(=O)Cn1nc(-c2cccs2)oc1=O)C1CCCO1. The van der Waals surface area contributed by atoms with Gasteiger partial charge in [-0.15, -0.1) is 16.4 Å². The predicted molar refractivity (Wildman–Crippen MR) is 80.7 cm³/mol. The van der Waals surface area contributed by atoms with Crippen molar-refractivity contribution in [2.75, 3.05) is 6.61 Å². The van der Waals surface area contributed by atoms with Crippen LogP contribution in [-0.2, 0) is 16.1 Å². The Morgan fingerprint density at radius 1 is 1.64 bits per heavy atom. The summed E-state index contributed by atoms with van der Waals surface area (Å²) in [6.07, 6.45) is 1.99. The quantitative estimate of drug-likeness (QED) is 0.895. The first-order chi connectivity index (χ1) is 10.6. The van der Waals surface area contributed by atoms with Gasteiger partial charge in [-0.1, -0.05) is 6.07 Å². The van der Waals surface area contributed by atoms with Gasteiger partial charge in [0.15, 0.2) is 0 Å². The fraction of sp³-hybridized carbons (Fsp3) is 0.500. The lowest BCUT2D eigenvalue weighted by atomic mass is 10.1. The Morgan fingerprint density at radius 3 is 3.18 bits per heavy atom. The summed E-state index contributed by atoms with van der Waals surface area (Å²) in [5, 5.41) is 8.76. The molecule has 2 atom stereocenters. The van der Waals surface area contributed by atoms with Gasteiger partial charge in [0.2, 0.25) is 5.91 Å². The molecule has 8 heteroatoms. The smallest absolute Gasteiger partial charge is 0.387 e.